The fourth-order valence-corrected chi connectivity index (χ4v) is 7.35. The first kappa shape index (κ1) is 37.0. The number of rotatable bonds is 12. The van der Waals surface area contributed by atoms with Crippen LogP contribution in [0.1, 0.15) is 60.3 Å². The van der Waals surface area contributed by atoms with Crippen molar-refractivity contribution in [3.63, 3.8) is 0 Å². The number of esters is 2. The Morgan fingerprint density at radius 1 is 0.891 bits per heavy atom. The van der Waals surface area contributed by atoms with Gasteiger partial charge in [0, 0.05) is 17.3 Å². The van der Waals surface area contributed by atoms with E-state index in [0.717, 1.165) is 34.5 Å². The van der Waals surface area contributed by atoms with E-state index in [0.29, 0.717) is 44.4 Å². The summed E-state index contributed by atoms with van der Waals surface area (Å²) in [5, 5.41) is 4.97. The lowest BCUT2D eigenvalue weighted by Gasteiger charge is -2.25. The molecular weight excluding hydrogens is 713 g/mol. The molecule has 1 unspecified atom stereocenters. The lowest BCUT2D eigenvalue weighted by atomic mass is 9.95. The van der Waals surface area contributed by atoms with E-state index in [1.54, 1.807) is 35.9 Å². The zero-order chi connectivity index (χ0) is 38.5. The Kier molecular flexibility index (Phi) is 11.0. The highest BCUT2D eigenvalue weighted by Crippen LogP contribution is 2.32. The summed E-state index contributed by atoms with van der Waals surface area (Å²) in [6, 6.07) is 32.7. The highest BCUT2D eigenvalue weighted by molar-refractivity contribution is 7.07. The standard InChI is InChI=1S/C44H40N4O6S/c1-28(2)23-24-53-36-21-19-31(20-22-36)39-34(26-47(46-39)35-13-9-6-10-14-35)25-37-41(49)48-40(32-15-17-33(18-16-32)42(50)52-4)38(29(3)45-44(48)55-37)43(51)54-27-30-11-7-5-8-12-30/h5-22,25-26,28,40H,23-24,27H2,1-4H3. The second-order valence-corrected chi connectivity index (χ2v) is 14.5. The van der Waals surface area contributed by atoms with Crippen molar-refractivity contribution in [2.24, 2.45) is 10.9 Å². The van der Waals surface area contributed by atoms with Crippen LogP contribution in [0.3, 0.4) is 0 Å². The first-order valence-electron chi connectivity index (χ1n) is 18.0. The summed E-state index contributed by atoms with van der Waals surface area (Å²) in [6.45, 7) is 6.75. The van der Waals surface area contributed by atoms with Crippen molar-refractivity contribution in [1.82, 2.24) is 14.3 Å². The van der Waals surface area contributed by atoms with Gasteiger partial charge in [-0.05, 0) is 85.0 Å². The summed E-state index contributed by atoms with van der Waals surface area (Å²) in [7, 11) is 1.31. The van der Waals surface area contributed by atoms with Crippen LogP contribution in [0.25, 0.3) is 23.0 Å². The number of ether oxygens (including phenoxy) is 3. The van der Waals surface area contributed by atoms with Crippen molar-refractivity contribution in [3.8, 4) is 22.7 Å². The van der Waals surface area contributed by atoms with Crippen molar-refractivity contribution in [2.45, 2.75) is 39.8 Å². The molecule has 3 heterocycles. The summed E-state index contributed by atoms with van der Waals surface area (Å²) in [4.78, 5) is 46.0. The minimum atomic E-state index is -0.872. The Balaban J connectivity index is 1.32. The van der Waals surface area contributed by atoms with Crippen molar-refractivity contribution < 1.29 is 23.8 Å². The molecule has 7 rings (SSSR count). The number of hydrogen-bond acceptors (Lipinski definition) is 9. The Morgan fingerprint density at radius 3 is 2.25 bits per heavy atom. The van der Waals surface area contributed by atoms with E-state index in [-0.39, 0.29) is 17.7 Å². The Morgan fingerprint density at radius 2 is 1.58 bits per heavy atom. The molecule has 278 valence electrons. The molecule has 0 saturated carbocycles. The quantitative estimate of drug-likeness (QED) is 0.123. The number of nitrogens with zero attached hydrogens (tertiary/aromatic N) is 4. The van der Waals surface area contributed by atoms with E-state index in [1.807, 2.05) is 97.2 Å². The molecule has 1 aliphatic heterocycles. The summed E-state index contributed by atoms with van der Waals surface area (Å²) in [5.74, 6) is 0.227. The monoisotopic (exact) mass is 752 g/mol. The summed E-state index contributed by atoms with van der Waals surface area (Å²) in [6.07, 6.45) is 4.68. The fourth-order valence-electron chi connectivity index (χ4n) is 6.31. The second-order valence-electron chi connectivity index (χ2n) is 13.5. The van der Waals surface area contributed by atoms with Gasteiger partial charge >= 0.3 is 11.9 Å². The fraction of sp³-hybridized carbons (Fsp3) is 0.205. The minimum Gasteiger partial charge on any atom is -0.494 e. The zero-order valence-corrected chi connectivity index (χ0v) is 31.8. The maximum absolute atomic E-state index is 14.6. The van der Waals surface area contributed by atoms with Gasteiger partial charge in [0.05, 0.1) is 46.8 Å². The van der Waals surface area contributed by atoms with Crippen LogP contribution in [-0.4, -0.2) is 40.0 Å². The van der Waals surface area contributed by atoms with Crippen LogP contribution >= 0.6 is 11.3 Å². The van der Waals surface area contributed by atoms with Crippen molar-refractivity contribution in [1.29, 1.82) is 0 Å². The Labute approximate surface area is 322 Å². The van der Waals surface area contributed by atoms with Gasteiger partial charge in [0.15, 0.2) is 4.80 Å². The number of aromatic nitrogens is 3. The molecule has 0 aliphatic carbocycles. The topological polar surface area (TPSA) is 114 Å². The van der Waals surface area contributed by atoms with Gasteiger partial charge in [0.25, 0.3) is 5.56 Å². The number of methoxy groups -OCH3 is 1. The Hall–Kier alpha value is -6.33. The van der Waals surface area contributed by atoms with Crippen LogP contribution < -0.4 is 19.6 Å². The third-order valence-electron chi connectivity index (χ3n) is 9.24. The minimum absolute atomic E-state index is 0.0497. The van der Waals surface area contributed by atoms with Crippen LogP contribution in [0.5, 0.6) is 5.75 Å². The molecule has 1 aliphatic rings. The lowest BCUT2D eigenvalue weighted by Crippen LogP contribution is -2.39. The molecule has 0 amide bonds. The van der Waals surface area contributed by atoms with Crippen LogP contribution in [-0.2, 0) is 20.9 Å². The van der Waals surface area contributed by atoms with Gasteiger partial charge in [-0.2, -0.15) is 5.10 Å². The molecule has 55 heavy (non-hydrogen) atoms. The van der Waals surface area contributed by atoms with Gasteiger partial charge in [-0.25, -0.2) is 19.3 Å². The molecule has 4 aromatic carbocycles. The van der Waals surface area contributed by atoms with Gasteiger partial charge in [-0.1, -0.05) is 85.8 Å². The first-order chi connectivity index (χ1) is 26.7. The predicted molar refractivity (Wildman–Crippen MR) is 212 cm³/mol. The molecule has 11 heteroatoms. The number of thiazole rings is 1. The van der Waals surface area contributed by atoms with Gasteiger partial charge in [-0.15, -0.1) is 0 Å². The van der Waals surface area contributed by atoms with Gasteiger partial charge < -0.3 is 14.2 Å². The first-order valence-corrected chi connectivity index (χ1v) is 18.8. The molecular formula is C44H40N4O6S. The number of fused-ring (bicyclic) bond motifs is 1. The molecule has 0 radical (unpaired) electrons. The number of benzene rings is 4. The number of carbonyl (C=O) groups excluding carboxylic acids is 2. The lowest BCUT2D eigenvalue weighted by molar-refractivity contribution is -0.140. The van der Waals surface area contributed by atoms with E-state index in [1.165, 1.54) is 23.0 Å². The van der Waals surface area contributed by atoms with Crippen molar-refractivity contribution in [3.05, 3.63) is 169 Å². The van der Waals surface area contributed by atoms with E-state index < -0.39 is 18.0 Å². The maximum Gasteiger partial charge on any atom is 0.338 e. The highest BCUT2D eigenvalue weighted by atomic mass is 32.1. The number of hydrogen-bond donors (Lipinski definition) is 0. The zero-order valence-electron chi connectivity index (χ0n) is 31.0. The van der Waals surface area contributed by atoms with E-state index >= 15 is 0 Å². The predicted octanol–water partition coefficient (Wildman–Crippen LogP) is 7.04. The molecule has 0 bridgehead atoms. The summed E-state index contributed by atoms with van der Waals surface area (Å²) >= 11 is 1.23. The second kappa shape index (κ2) is 16.4. The molecule has 0 saturated heterocycles. The third-order valence-corrected chi connectivity index (χ3v) is 10.2. The molecule has 10 nitrogen and oxygen atoms in total. The third kappa shape index (κ3) is 8.12. The molecule has 2 aromatic heterocycles. The SMILES string of the molecule is COC(=O)c1ccc(C2C(C(=O)OCc3ccccc3)=C(C)N=c3sc(=Cc4cn(-c5ccccc5)nc4-c4ccc(OCCC(C)C)cc4)c(=O)n32)cc1. The van der Waals surface area contributed by atoms with Crippen molar-refractivity contribution >= 4 is 29.4 Å². The summed E-state index contributed by atoms with van der Waals surface area (Å²) < 4.78 is 20.4. The van der Waals surface area contributed by atoms with Gasteiger partial charge in [0.1, 0.15) is 18.1 Å². The molecule has 0 fully saturated rings. The smallest absolute Gasteiger partial charge is 0.338 e. The van der Waals surface area contributed by atoms with Gasteiger partial charge in [-0.3, -0.25) is 9.36 Å². The van der Waals surface area contributed by atoms with Crippen LogP contribution in [0, 0.1) is 5.92 Å². The normalized spacial score (nSPS) is 14.1. The van der Waals surface area contributed by atoms with Gasteiger partial charge in [0.2, 0.25) is 0 Å². The molecule has 0 N–H and O–H groups in total. The van der Waals surface area contributed by atoms with E-state index in [9.17, 15) is 14.4 Å². The Bertz CT molecular complexity index is 2540. The van der Waals surface area contributed by atoms with Crippen LogP contribution in [0.15, 0.2) is 136 Å². The number of para-hydroxylation sites is 1. The summed E-state index contributed by atoms with van der Waals surface area (Å²) in [5.41, 5.74) is 5.22. The average molecular weight is 753 g/mol. The van der Waals surface area contributed by atoms with E-state index in [4.69, 9.17) is 24.3 Å². The molecule has 6 aromatic rings. The number of carbonyl (C=O) groups is 2. The highest BCUT2D eigenvalue weighted by Gasteiger charge is 2.34. The van der Waals surface area contributed by atoms with Crippen molar-refractivity contribution in [2.75, 3.05) is 13.7 Å². The largest absolute Gasteiger partial charge is 0.494 e. The average Bonchev–Trinajstić information content (AvgIpc) is 3.77. The van der Waals surface area contributed by atoms with E-state index in [2.05, 4.69) is 13.8 Å². The molecule has 0 spiro atoms. The van der Waals surface area contributed by atoms with Crippen LogP contribution in [0.2, 0.25) is 0 Å². The number of allylic oxidation sites excluding steroid dienone is 1. The maximum atomic E-state index is 14.6. The molecule has 1 atom stereocenters. The van der Waals surface area contributed by atoms with Crippen LogP contribution in [0.4, 0.5) is 0 Å².